The van der Waals surface area contributed by atoms with Gasteiger partial charge in [0.2, 0.25) is 0 Å². The fraction of sp³-hybridized carbons (Fsp3) is 0.444. The van der Waals surface area contributed by atoms with E-state index in [4.69, 9.17) is 4.74 Å². The van der Waals surface area contributed by atoms with Crippen LogP contribution in [0, 0.1) is 6.92 Å². The summed E-state index contributed by atoms with van der Waals surface area (Å²) in [5.74, 6) is 1.39. The monoisotopic (exact) mass is 330 g/mol. The van der Waals surface area contributed by atoms with E-state index < -0.39 is 0 Å². The zero-order valence-electron chi connectivity index (χ0n) is 13.6. The Bertz CT molecular complexity index is 666. The van der Waals surface area contributed by atoms with Gasteiger partial charge in [0.25, 0.3) is 5.91 Å². The molecule has 0 aliphatic carbocycles. The largest absolute Gasteiger partial charge is 0.497 e. The lowest BCUT2D eigenvalue weighted by atomic mass is 9.94. The third-order valence-corrected chi connectivity index (χ3v) is 5.40. The Labute approximate surface area is 141 Å². The molecule has 1 atom stereocenters. The van der Waals surface area contributed by atoms with Gasteiger partial charge in [-0.2, -0.15) is 0 Å². The summed E-state index contributed by atoms with van der Waals surface area (Å²) in [7, 11) is 1.68. The Hall–Kier alpha value is -1.88. The van der Waals surface area contributed by atoms with Crippen LogP contribution in [0.25, 0.3) is 0 Å². The molecule has 1 aromatic carbocycles. The number of carbonyl (C=O) groups is 1. The average Bonchev–Trinajstić information content (AvgIpc) is 2.86. The maximum absolute atomic E-state index is 12.8. The quantitative estimate of drug-likeness (QED) is 0.858. The lowest BCUT2D eigenvalue weighted by Crippen LogP contribution is -2.34. The number of hydrogen-bond acceptors (Lipinski definition) is 4. The molecule has 0 saturated carbocycles. The molecule has 1 aromatic heterocycles. The van der Waals surface area contributed by atoms with Crippen molar-refractivity contribution in [2.24, 2.45) is 0 Å². The molecule has 0 bridgehead atoms. The van der Waals surface area contributed by atoms with Crippen LogP contribution in [0.3, 0.4) is 0 Å². The van der Waals surface area contributed by atoms with E-state index in [1.807, 2.05) is 24.0 Å². The molecule has 23 heavy (non-hydrogen) atoms. The number of benzene rings is 1. The summed E-state index contributed by atoms with van der Waals surface area (Å²) >= 11 is 1.44. The maximum Gasteiger partial charge on any atom is 0.265 e. The zero-order valence-corrected chi connectivity index (χ0v) is 14.4. The topological polar surface area (TPSA) is 42.4 Å². The highest BCUT2D eigenvalue weighted by atomic mass is 32.1. The summed E-state index contributed by atoms with van der Waals surface area (Å²) in [6.45, 7) is 3.52. The standard InChI is InChI=1S/C18H22N2O2S/c1-13-17(23-12-19-13)18(21)20-10-4-3-5-15(11-20)14-6-8-16(22-2)9-7-14/h6-9,12,15H,3-5,10-11H2,1-2H3/t15-/m0/s1. The first kappa shape index (κ1) is 16.0. The van der Waals surface area contributed by atoms with E-state index in [0.29, 0.717) is 5.92 Å². The summed E-state index contributed by atoms with van der Waals surface area (Å²) in [6, 6.07) is 8.24. The zero-order chi connectivity index (χ0) is 16.2. The predicted octanol–water partition coefficient (Wildman–Crippen LogP) is 3.87. The van der Waals surface area contributed by atoms with E-state index in [1.54, 1.807) is 12.6 Å². The Balaban J connectivity index is 1.77. The van der Waals surface area contributed by atoms with Gasteiger partial charge in [-0.1, -0.05) is 18.6 Å². The van der Waals surface area contributed by atoms with Crippen LogP contribution < -0.4 is 4.74 Å². The van der Waals surface area contributed by atoms with Gasteiger partial charge in [0.1, 0.15) is 10.6 Å². The molecule has 1 aliphatic heterocycles. The number of thiazole rings is 1. The van der Waals surface area contributed by atoms with Crippen molar-refractivity contribution in [2.75, 3.05) is 20.2 Å². The minimum absolute atomic E-state index is 0.130. The molecule has 2 heterocycles. The number of methoxy groups -OCH3 is 1. The van der Waals surface area contributed by atoms with Crippen LogP contribution in [0.4, 0.5) is 0 Å². The van der Waals surface area contributed by atoms with E-state index in [9.17, 15) is 4.79 Å². The number of aromatic nitrogens is 1. The van der Waals surface area contributed by atoms with Gasteiger partial charge in [0, 0.05) is 19.0 Å². The second-order valence-corrected chi connectivity index (χ2v) is 6.84. The SMILES string of the molecule is COc1ccc([C@H]2CCCCN(C(=O)c3scnc3C)C2)cc1. The molecule has 0 radical (unpaired) electrons. The third-order valence-electron chi connectivity index (χ3n) is 4.49. The van der Waals surface area contributed by atoms with Gasteiger partial charge in [-0.3, -0.25) is 4.79 Å². The first-order valence-electron chi connectivity index (χ1n) is 8.02. The van der Waals surface area contributed by atoms with Gasteiger partial charge >= 0.3 is 0 Å². The second-order valence-electron chi connectivity index (χ2n) is 5.98. The van der Waals surface area contributed by atoms with Gasteiger partial charge in [-0.05, 0) is 37.5 Å². The maximum atomic E-state index is 12.8. The van der Waals surface area contributed by atoms with Crippen molar-refractivity contribution in [1.82, 2.24) is 9.88 Å². The third kappa shape index (κ3) is 3.55. The average molecular weight is 330 g/mol. The summed E-state index contributed by atoms with van der Waals surface area (Å²) in [5, 5.41) is 0. The second kappa shape index (κ2) is 7.13. The Morgan fingerprint density at radius 2 is 2.09 bits per heavy atom. The number of nitrogens with zero attached hydrogens (tertiary/aromatic N) is 2. The smallest absolute Gasteiger partial charge is 0.265 e. The number of ether oxygens (including phenoxy) is 1. The number of likely N-dealkylation sites (tertiary alicyclic amines) is 1. The predicted molar refractivity (Wildman–Crippen MR) is 92.3 cm³/mol. The highest BCUT2D eigenvalue weighted by molar-refractivity contribution is 7.11. The van der Waals surface area contributed by atoms with Crippen molar-refractivity contribution in [2.45, 2.75) is 32.1 Å². The minimum atomic E-state index is 0.130. The van der Waals surface area contributed by atoms with Crippen LogP contribution in [0.5, 0.6) is 5.75 Å². The number of carbonyl (C=O) groups excluding carboxylic acids is 1. The van der Waals surface area contributed by atoms with Crippen molar-refractivity contribution < 1.29 is 9.53 Å². The van der Waals surface area contributed by atoms with E-state index in [2.05, 4.69) is 17.1 Å². The van der Waals surface area contributed by atoms with E-state index >= 15 is 0 Å². The summed E-state index contributed by atoms with van der Waals surface area (Å²) in [6.07, 6.45) is 3.34. The number of rotatable bonds is 3. The normalized spacial score (nSPS) is 18.5. The van der Waals surface area contributed by atoms with E-state index in [1.165, 1.54) is 16.9 Å². The van der Waals surface area contributed by atoms with Crippen LogP contribution in [0.2, 0.25) is 0 Å². The van der Waals surface area contributed by atoms with E-state index in [-0.39, 0.29) is 5.91 Å². The molecule has 4 nitrogen and oxygen atoms in total. The van der Waals surface area contributed by atoms with E-state index in [0.717, 1.165) is 48.7 Å². The van der Waals surface area contributed by atoms with Gasteiger partial charge in [0.05, 0.1) is 18.3 Å². The molecule has 1 fully saturated rings. The van der Waals surface area contributed by atoms with Gasteiger partial charge in [0.15, 0.2) is 0 Å². The lowest BCUT2D eigenvalue weighted by molar-refractivity contribution is 0.0758. The Kier molecular flexibility index (Phi) is 4.96. The fourth-order valence-electron chi connectivity index (χ4n) is 3.13. The van der Waals surface area contributed by atoms with Crippen molar-refractivity contribution in [3.63, 3.8) is 0 Å². The van der Waals surface area contributed by atoms with Crippen molar-refractivity contribution >= 4 is 17.2 Å². The molecule has 1 aliphatic rings. The molecule has 2 aromatic rings. The van der Waals surface area contributed by atoms with Crippen molar-refractivity contribution in [3.05, 3.63) is 45.9 Å². The summed E-state index contributed by atoms with van der Waals surface area (Å²) in [5.41, 5.74) is 3.87. The highest BCUT2D eigenvalue weighted by Gasteiger charge is 2.25. The lowest BCUT2D eigenvalue weighted by Gasteiger charge is -2.24. The Morgan fingerprint density at radius 1 is 1.30 bits per heavy atom. The van der Waals surface area contributed by atoms with Crippen LogP contribution in [0.1, 0.15) is 46.1 Å². The Morgan fingerprint density at radius 3 is 2.74 bits per heavy atom. The van der Waals surface area contributed by atoms with Crippen LogP contribution in [-0.4, -0.2) is 36.0 Å². The van der Waals surface area contributed by atoms with Crippen molar-refractivity contribution in [3.8, 4) is 5.75 Å². The fourth-order valence-corrected chi connectivity index (χ4v) is 3.89. The molecule has 1 amide bonds. The van der Waals surface area contributed by atoms with Gasteiger partial charge < -0.3 is 9.64 Å². The first-order valence-corrected chi connectivity index (χ1v) is 8.90. The molecule has 122 valence electrons. The number of aryl methyl sites for hydroxylation is 1. The first-order chi connectivity index (χ1) is 11.2. The van der Waals surface area contributed by atoms with Crippen LogP contribution in [-0.2, 0) is 0 Å². The molecule has 0 unspecified atom stereocenters. The van der Waals surface area contributed by atoms with Gasteiger partial charge in [-0.15, -0.1) is 11.3 Å². The van der Waals surface area contributed by atoms with Crippen molar-refractivity contribution in [1.29, 1.82) is 0 Å². The molecule has 0 N–H and O–H groups in total. The number of amides is 1. The number of hydrogen-bond donors (Lipinski definition) is 0. The minimum Gasteiger partial charge on any atom is -0.497 e. The molecule has 1 saturated heterocycles. The highest BCUT2D eigenvalue weighted by Crippen LogP contribution is 2.29. The van der Waals surface area contributed by atoms with Crippen LogP contribution >= 0.6 is 11.3 Å². The summed E-state index contributed by atoms with van der Waals surface area (Å²) < 4.78 is 5.23. The van der Waals surface area contributed by atoms with Gasteiger partial charge in [-0.25, -0.2) is 4.98 Å². The molecular formula is C18H22N2O2S. The molecule has 0 spiro atoms. The molecular weight excluding hydrogens is 308 g/mol. The van der Waals surface area contributed by atoms with Crippen LogP contribution in [0.15, 0.2) is 29.8 Å². The summed E-state index contributed by atoms with van der Waals surface area (Å²) in [4.78, 5) is 19.8. The molecule has 3 rings (SSSR count). The molecule has 5 heteroatoms.